The summed E-state index contributed by atoms with van der Waals surface area (Å²) >= 11 is -1.34. The molecule has 0 aromatic heterocycles. The van der Waals surface area contributed by atoms with Gasteiger partial charge in [-0.25, -0.2) is 9.52 Å². The molecule has 0 radical (unpaired) electrons. The lowest BCUT2D eigenvalue weighted by atomic mass is 10.1. The van der Waals surface area contributed by atoms with Gasteiger partial charge in [-0.15, -0.1) is 0 Å². The van der Waals surface area contributed by atoms with Gasteiger partial charge in [0.1, 0.15) is 4.75 Å². The van der Waals surface area contributed by atoms with Crippen molar-refractivity contribution in [3.63, 3.8) is 0 Å². The van der Waals surface area contributed by atoms with E-state index in [1.165, 1.54) is 6.07 Å². The first-order chi connectivity index (χ1) is 7.71. The van der Waals surface area contributed by atoms with E-state index in [1.54, 1.807) is 12.1 Å². The summed E-state index contributed by atoms with van der Waals surface area (Å²) in [5, 5.41) is 9.03. The summed E-state index contributed by atoms with van der Waals surface area (Å²) in [4.78, 5) is 11.0. The molecule has 1 aromatic rings. The fraction of sp³-hybridized carbons (Fsp3) is 0.417. The van der Waals surface area contributed by atoms with Gasteiger partial charge in [0.15, 0.2) is 0 Å². The Labute approximate surface area is 104 Å². The quantitative estimate of drug-likeness (QED) is 0.814. The number of nitrogens with one attached hydrogen (secondary N) is 1. The number of carboxylic acids is 1. The van der Waals surface area contributed by atoms with Crippen LogP contribution in [0.2, 0.25) is 0 Å². The van der Waals surface area contributed by atoms with Crippen LogP contribution in [0.1, 0.15) is 36.7 Å². The van der Waals surface area contributed by atoms with E-state index >= 15 is 0 Å². The van der Waals surface area contributed by atoms with Gasteiger partial charge in [0, 0.05) is 0 Å². The number of hydrogen-bond donors (Lipinski definition) is 2. The molecule has 0 amide bonds. The molecule has 0 saturated carbocycles. The van der Waals surface area contributed by atoms with Gasteiger partial charge >= 0.3 is 5.97 Å². The molecule has 0 fully saturated rings. The number of carbonyl (C=O) groups is 1. The first-order valence-corrected chi connectivity index (χ1v) is 6.39. The van der Waals surface area contributed by atoms with Gasteiger partial charge in [0.25, 0.3) is 0 Å². The van der Waals surface area contributed by atoms with Crippen LogP contribution in [-0.2, 0) is 11.4 Å². The highest BCUT2D eigenvalue weighted by molar-refractivity contribution is 7.94. The van der Waals surface area contributed by atoms with Crippen molar-refractivity contribution >= 4 is 23.0 Å². The zero-order valence-electron chi connectivity index (χ0n) is 10.4. The van der Waals surface area contributed by atoms with Crippen molar-refractivity contribution in [3.8, 4) is 0 Å². The van der Waals surface area contributed by atoms with E-state index in [2.05, 4.69) is 4.72 Å². The Kier molecular flexibility index (Phi) is 4.06. The van der Waals surface area contributed by atoms with Crippen LogP contribution in [0, 0.1) is 6.92 Å². The van der Waals surface area contributed by atoms with Crippen LogP contribution >= 0.6 is 0 Å². The van der Waals surface area contributed by atoms with E-state index in [0.717, 1.165) is 5.56 Å². The average molecular weight is 255 g/mol. The largest absolute Gasteiger partial charge is 0.593 e. The summed E-state index contributed by atoms with van der Waals surface area (Å²) in [6.45, 7) is 7.34. The maximum absolute atomic E-state index is 11.9. The highest BCUT2D eigenvalue weighted by Crippen LogP contribution is 2.23. The Balaban J connectivity index is 3.04. The van der Waals surface area contributed by atoms with Crippen molar-refractivity contribution in [2.45, 2.75) is 32.4 Å². The van der Waals surface area contributed by atoms with Crippen molar-refractivity contribution in [1.29, 1.82) is 0 Å². The smallest absolute Gasteiger partial charge is 0.337 e. The number of aryl methyl sites for hydroxylation is 1. The lowest BCUT2D eigenvalue weighted by Gasteiger charge is -2.24. The van der Waals surface area contributed by atoms with Gasteiger partial charge in [-0.1, -0.05) is 6.07 Å². The molecule has 5 heteroatoms. The predicted molar refractivity (Wildman–Crippen MR) is 69.7 cm³/mol. The molecule has 0 aliphatic heterocycles. The van der Waals surface area contributed by atoms with E-state index in [9.17, 15) is 9.35 Å². The van der Waals surface area contributed by atoms with Crippen LogP contribution in [0.3, 0.4) is 0 Å². The molecule has 17 heavy (non-hydrogen) atoms. The van der Waals surface area contributed by atoms with Gasteiger partial charge in [-0.05, 0) is 45.4 Å². The molecule has 0 spiro atoms. The fourth-order valence-electron chi connectivity index (χ4n) is 1.18. The van der Waals surface area contributed by atoms with E-state index in [4.69, 9.17) is 5.11 Å². The molecule has 4 nitrogen and oxygen atoms in total. The summed E-state index contributed by atoms with van der Waals surface area (Å²) < 4.78 is 14.2. The minimum atomic E-state index is -1.34. The number of aromatic carboxylic acids is 1. The van der Waals surface area contributed by atoms with Crippen LogP contribution in [0.25, 0.3) is 0 Å². The molecule has 0 aliphatic carbocycles. The van der Waals surface area contributed by atoms with E-state index < -0.39 is 22.1 Å². The predicted octanol–water partition coefficient (Wildman–Crippen LogP) is 2.57. The van der Waals surface area contributed by atoms with Gasteiger partial charge in [-0.3, -0.25) is 0 Å². The molecular formula is C12H17NO3S. The number of rotatable bonds is 3. The molecule has 2 N–H and O–H groups in total. The monoisotopic (exact) mass is 255 g/mol. The Hall–Kier alpha value is -1.20. The van der Waals surface area contributed by atoms with Crippen LogP contribution < -0.4 is 4.72 Å². The van der Waals surface area contributed by atoms with Crippen molar-refractivity contribution in [3.05, 3.63) is 29.3 Å². The summed E-state index contributed by atoms with van der Waals surface area (Å²) in [7, 11) is 0. The van der Waals surface area contributed by atoms with Crippen LogP contribution in [-0.4, -0.2) is 20.4 Å². The molecule has 1 atom stereocenters. The van der Waals surface area contributed by atoms with Crippen molar-refractivity contribution in [2.75, 3.05) is 4.72 Å². The van der Waals surface area contributed by atoms with Gasteiger partial charge < -0.3 is 9.66 Å². The molecule has 1 aromatic carbocycles. The normalized spacial score (nSPS) is 13.2. The minimum Gasteiger partial charge on any atom is -0.593 e. The van der Waals surface area contributed by atoms with Crippen LogP contribution in [0.5, 0.6) is 0 Å². The highest BCUT2D eigenvalue weighted by Gasteiger charge is 2.28. The number of hydrogen-bond acceptors (Lipinski definition) is 3. The third-order valence-electron chi connectivity index (χ3n) is 2.16. The first kappa shape index (κ1) is 13.9. The zero-order chi connectivity index (χ0) is 13.2. The third-order valence-corrected chi connectivity index (χ3v) is 3.68. The Morgan fingerprint density at radius 1 is 1.41 bits per heavy atom. The van der Waals surface area contributed by atoms with Gasteiger partial charge in [0.05, 0.1) is 22.6 Å². The van der Waals surface area contributed by atoms with E-state index in [-0.39, 0.29) is 5.56 Å². The number of benzene rings is 1. The highest BCUT2D eigenvalue weighted by atomic mass is 32.2. The van der Waals surface area contributed by atoms with Crippen LogP contribution in [0.15, 0.2) is 18.2 Å². The van der Waals surface area contributed by atoms with Gasteiger partial charge in [-0.2, -0.15) is 0 Å². The van der Waals surface area contributed by atoms with Crippen molar-refractivity contribution in [2.24, 2.45) is 0 Å². The zero-order valence-corrected chi connectivity index (χ0v) is 11.2. The molecule has 1 rings (SSSR count). The summed E-state index contributed by atoms with van der Waals surface area (Å²) in [6.07, 6.45) is 0. The van der Waals surface area contributed by atoms with Crippen molar-refractivity contribution in [1.82, 2.24) is 0 Å². The topological polar surface area (TPSA) is 72.4 Å². The molecule has 0 saturated heterocycles. The van der Waals surface area contributed by atoms with Gasteiger partial charge in [0.2, 0.25) is 0 Å². The maximum atomic E-state index is 11.9. The van der Waals surface area contributed by atoms with E-state index in [1.807, 2.05) is 27.7 Å². The van der Waals surface area contributed by atoms with E-state index in [0.29, 0.717) is 5.69 Å². The minimum absolute atomic E-state index is 0.133. The lowest BCUT2D eigenvalue weighted by Crippen LogP contribution is -2.34. The first-order valence-electron chi connectivity index (χ1n) is 5.24. The lowest BCUT2D eigenvalue weighted by molar-refractivity contribution is 0.0698. The molecule has 0 bridgehead atoms. The average Bonchev–Trinajstić information content (AvgIpc) is 2.15. The standard InChI is InChI=1S/C12H17NO3S/c1-8-5-6-9(11(14)15)10(7-8)13-17(16)12(2,3)4/h5-7,13H,1-4H3,(H,14,15)/t17-/m1/s1. The second-order valence-corrected chi connectivity index (χ2v) is 6.80. The number of anilines is 1. The summed E-state index contributed by atoms with van der Waals surface area (Å²) in [5.74, 6) is -1.03. The summed E-state index contributed by atoms with van der Waals surface area (Å²) in [5.41, 5.74) is 1.45. The molecule has 0 unspecified atom stereocenters. The maximum Gasteiger partial charge on any atom is 0.337 e. The Morgan fingerprint density at radius 3 is 2.47 bits per heavy atom. The molecule has 0 aliphatic rings. The SMILES string of the molecule is Cc1ccc(C(=O)O)c(N[S@+]([O-])C(C)(C)C)c1. The fourth-order valence-corrected chi connectivity index (χ4v) is 1.86. The summed E-state index contributed by atoms with van der Waals surface area (Å²) in [6, 6.07) is 4.92. The second kappa shape index (κ2) is 4.98. The molecule has 0 heterocycles. The Morgan fingerprint density at radius 2 is 2.00 bits per heavy atom. The molecule has 94 valence electrons. The second-order valence-electron chi connectivity index (χ2n) is 4.84. The molecular weight excluding hydrogens is 238 g/mol. The third kappa shape index (κ3) is 3.64. The Bertz CT molecular complexity index is 426. The number of carboxylic acid groups (broad SMARTS) is 1. The van der Waals surface area contributed by atoms with Crippen molar-refractivity contribution < 1.29 is 14.5 Å². The van der Waals surface area contributed by atoms with Crippen LogP contribution in [0.4, 0.5) is 5.69 Å².